The highest BCUT2D eigenvalue weighted by molar-refractivity contribution is 5.52. The van der Waals surface area contributed by atoms with Gasteiger partial charge in [-0.2, -0.15) is 0 Å². The molecule has 0 radical (unpaired) electrons. The molecule has 0 amide bonds. The van der Waals surface area contributed by atoms with Gasteiger partial charge in [0.15, 0.2) is 0 Å². The second kappa shape index (κ2) is 18.2. The van der Waals surface area contributed by atoms with Gasteiger partial charge in [0, 0.05) is 5.57 Å². The molecule has 0 aliphatic carbocycles. The van der Waals surface area contributed by atoms with Crippen LogP contribution < -0.4 is 0 Å². The lowest BCUT2D eigenvalue weighted by atomic mass is 9.91. The highest BCUT2D eigenvalue weighted by atomic mass is 19.1. The smallest absolute Gasteiger partial charge is 0.131 e. The predicted octanol–water partition coefficient (Wildman–Crippen LogP) is 10.6. The summed E-state index contributed by atoms with van der Waals surface area (Å²) in [5.41, 5.74) is 3.87. The molecule has 0 heterocycles. The van der Waals surface area contributed by atoms with Crippen LogP contribution in [0.4, 0.5) is 4.39 Å². The molecule has 2 atom stereocenters. The maximum Gasteiger partial charge on any atom is 0.131 e. The summed E-state index contributed by atoms with van der Waals surface area (Å²) >= 11 is 0. The van der Waals surface area contributed by atoms with Crippen LogP contribution in [0.5, 0.6) is 0 Å². The van der Waals surface area contributed by atoms with Crippen molar-refractivity contribution in [3.8, 4) is 0 Å². The summed E-state index contributed by atoms with van der Waals surface area (Å²) in [5.74, 6) is 0.665. The highest BCUT2D eigenvalue weighted by Gasteiger charge is 2.08. The van der Waals surface area contributed by atoms with E-state index in [1.807, 2.05) is 25.2 Å². The standard InChI is InChI=1S/C28H39F.C3H8/c1-11-20(3)13-15-22(5)23(6)17-18-24(7)26(9)19-28(29)27(10)25(8)16-14-21(4)12-2;1-3-2/h14,16-20,22H,4,6-13,15H2,1-3,5H3;3H2,1-2H3/b16-14-,18-17-,28-19+;. The third-order valence-corrected chi connectivity index (χ3v) is 5.28. The average molecular weight is 439 g/mol. The Hall–Kier alpha value is -2.41. The van der Waals surface area contributed by atoms with Gasteiger partial charge in [-0.05, 0) is 47.5 Å². The summed E-state index contributed by atoms with van der Waals surface area (Å²) in [6.07, 6.45) is 14.3. The van der Waals surface area contributed by atoms with Crippen LogP contribution in [0, 0.1) is 11.8 Å². The molecule has 0 aromatic carbocycles. The van der Waals surface area contributed by atoms with Gasteiger partial charge in [-0.1, -0.05) is 136 Å². The molecule has 0 saturated carbocycles. The summed E-state index contributed by atoms with van der Waals surface area (Å²) in [6.45, 7) is 36.5. The molecule has 32 heavy (non-hydrogen) atoms. The molecule has 0 fully saturated rings. The van der Waals surface area contributed by atoms with E-state index in [2.05, 4.69) is 74.1 Å². The topological polar surface area (TPSA) is 0 Å². The Kier molecular flexibility index (Phi) is 18.1. The minimum atomic E-state index is -0.470. The molecule has 0 N–H and O–H groups in total. The number of rotatable bonds is 14. The summed E-state index contributed by atoms with van der Waals surface area (Å²) in [7, 11) is 0. The zero-order valence-corrected chi connectivity index (χ0v) is 21.7. The fourth-order valence-corrected chi connectivity index (χ4v) is 2.33. The van der Waals surface area contributed by atoms with E-state index >= 15 is 0 Å². The maximum atomic E-state index is 14.5. The van der Waals surface area contributed by atoms with Crippen molar-refractivity contribution in [1.82, 2.24) is 0 Å². The van der Waals surface area contributed by atoms with Crippen LogP contribution >= 0.6 is 0 Å². The highest BCUT2D eigenvalue weighted by Crippen LogP contribution is 2.24. The van der Waals surface area contributed by atoms with Crippen LogP contribution in [-0.4, -0.2) is 0 Å². The largest absolute Gasteiger partial charge is 0.206 e. The van der Waals surface area contributed by atoms with E-state index in [4.69, 9.17) is 0 Å². The fraction of sp³-hybridized carbons (Fsp3) is 0.419. The van der Waals surface area contributed by atoms with Crippen LogP contribution in [-0.2, 0) is 0 Å². The van der Waals surface area contributed by atoms with Crippen LogP contribution in [0.2, 0.25) is 0 Å². The summed E-state index contributed by atoms with van der Waals surface area (Å²) in [5, 5.41) is 0. The molecule has 0 bridgehead atoms. The van der Waals surface area contributed by atoms with Crippen molar-refractivity contribution >= 4 is 0 Å². The van der Waals surface area contributed by atoms with E-state index in [0.717, 1.165) is 29.9 Å². The molecule has 0 rings (SSSR count). The quantitative estimate of drug-likeness (QED) is 0.237. The molecular formula is C31H47F. The Morgan fingerprint density at radius 3 is 1.78 bits per heavy atom. The number of allylic oxidation sites excluding steroid dienone is 12. The molecule has 0 aromatic heterocycles. The van der Waals surface area contributed by atoms with Gasteiger partial charge >= 0.3 is 0 Å². The Labute approximate surface area is 199 Å². The molecular weight excluding hydrogens is 391 g/mol. The van der Waals surface area contributed by atoms with Crippen molar-refractivity contribution in [2.45, 2.75) is 73.6 Å². The first-order chi connectivity index (χ1) is 14.9. The molecule has 178 valence electrons. The van der Waals surface area contributed by atoms with Crippen LogP contribution in [0.3, 0.4) is 0 Å². The SMILES string of the molecule is C=C(/C=C\C(=C)C(=C)/C(F)=C\C(=C)C(=C)/C=C\C(=C)C(C)CCC(C)CC)CC.CCC. The van der Waals surface area contributed by atoms with Gasteiger partial charge in [0.25, 0.3) is 0 Å². The average Bonchev–Trinajstić information content (AvgIpc) is 2.77. The van der Waals surface area contributed by atoms with Crippen molar-refractivity contribution in [3.05, 3.63) is 109 Å². The lowest BCUT2D eigenvalue weighted by Gasteiger charge is -2.14. The molecule has 0 aromatic rings. The van der Waals surface area contributed by atoms with Gasteiger partial charge in [0.05, 0.1) is 0 Å². The van der Waals surface area contributed by atoms with E-state index in [1.165, 1.54) is 25.3 Å². The van der Waals surface area contributed by atoms with Gasteiger partial charge in [0.2, 0.25) is 0 Å². The summed E-state index contributed by atoms with van der Waals surface area (Å²) < 4.78 is 14.5. The first kappa shape index (κ1) is 31.8. The van der Waals surface area contributed by atoms with Gasteiger partial charge in [-0.3, -0.25) is 0 Å². The number of hydrogen-bond acceptors (Lipinski definition) is 0. The molecule has 0 saturated heterocycles. The van der Waals surface area contributed by atoms with Crippen LogP contribution in [0.25, 0.3) is 0 Å². The van der Waals surface area contributed by atoms with E-state index in [0.29, 0.717) is 22.6 Å². The maximum absolute atomic E-state index is 14.5. The van der Waals surface area contributed by atoms with Crippen molar-refractivity contribution in [2.75, 3.05) is 0 Å². The molecule has 0 nitrogen and oxygen atoms in total. The summed E-state index contributed by atoms with van der Waals surface area (Å²) in [4.78, 5) is 0. The lowest BCUT2D eigenvalue weighted by molar-refractivity contribution is 0.454. The normalized spacial score (nSPS) is 13.3. The second-order valence-corrected chi connectivity index (χ2v) is 8.50. The molecule has 0 spiro atoms. The molecule has 2 unspecified atom stereocenters. The van der Waals surface area contributed by atoms with Gasteiger partial charge < -0.3 is 0 Å². The van der Waals surface area contributed by atoms with E-state index in [1.54, 1.807) is 6.08 Å². The molecule has 0 aliphatic rings. The van der Waals surface area contributed by atoms with Crippen molar-refractivity contribution in [2.24, 2.45) is 11.8 Å². The first-order valence-corrected chi connectivity index (χ1v) is 11.8. The summed E-state index contributed by atoms with van der Waals surface area (Å²) in [6, 6.07) is 0. The minimum Gasteiger partial charge on any atom is -0.206 e. The Morgan fingerprint density at radius 1 is 0.750 bits per heavy atom. The molecule has 0 aliphatic heterocycles. The Balaban J connectivity index is 0. The number of halogens is 1. The van der Waals surface area contributed by atoms with E-state index < -0.39 is 5.83 Å². The van der Waals surface area contributed by atoms with Gasteiger partial charge in [0.1, 0.15) is 5.83 Å². The lowest BCUT2D eigenvalue weighted by Crippen LogP contribution is -2.00. The Morgan fingerprint density at radius 2 is 1.28 bits per heavy atom. The second-order valence-electron chi connectivity index (χ2n) is 8.50. The Bertz CT molecular complexity index is 751. The van der Waals surface area contributed by atoms with Crippen molar-refractivity contribution in [1.29, 1.82) is 0 Å². The first-order valence-electron chi connectivity index (χ1n) is 11.8. The zero-order chi connectivity index (χ0) is 25.3. The van der Waals surface area contributed by atoms with Gasteiger partial charge in [-0.15, -0.1) is 0 Å². The third-order valence-electron chi connectivity index (χ3n) is 5.28. The van der Waals surface area contributed by atoms with Gasteiger partial charge in [-0.25, -0.2) is 4.39 Å². The van der Waals surface area contributed by atoms with Crippen molar-refractivity contribution < 1.29 is 4.39 Å². The third kappa shape index (κ3) is 14.6. The fourth-order valence-electron chi connectivity index (χ4n) is 2.33. The minimum absolute atomic E-state index is 0.228. The van der Waals surface area contributed by atoms with Crippen LogP contribution in [0.1, 0.15) is 73.6 Å². The van der Waals surface area contributed by atoms with E-state index in [-0.39, 0.29) is 5.57 Å². The predicted molar refractivity (Wildman–Crippen MR) is 146 cm³/mol. The van der Waals surface area contributed by atoms with Crippen LogP contribution in [0.15, 0.2) is 109 Å². The monoisotopic (exact) mass is 438 g/mol. The molecule has 1 heteroatoms. The number of hydrogen-bond donors (Lipinski definition) is 0. The van der Waals surface area contributed by atoms with Crippen molar-refractivity contribution in [3.63, 3.8) is 0 Å². The zero-order valence-electron chi connectivity index (χ0n) is 21.7. The van der Waals surface area contributed by atoms with E-state index in [9.17, 15) is 4.39 Å².